The molecule has 0 radical (unpaired) electrons. The number of hydrogen-bond donors (Lipinski definition) is 3. The van der Waals surface area contributed by atoms with Gasteiger partial charge in [-0.05, 0) is 25.3 Å². The maximum atomic E-state index is 12.0. The molecule has 3 unspecified atom stereocenters. The molecule has 0 aromatic heterocycles. The van der Waals surface area contributed by atoms with Gasteiger partial charge < -0.3 is 15.7 Å². The van der Waals surface area contributed by atoms with Crippen LogP contribution in [0.4, 0.5) is 13.2 Å². The first kappa shape index (κ1) is 14.2. The van der Waals surface area contributed by atoms with Crippen molar-refractivity contribution in [1.29, 1.82) is 0 Å². The predicted molar refractivity (Wildman–Crippen MR) is 55.3 cm³/mol. The Balaban J connectivity index is 2.39. The van der Waals surface area contributed by atoms with E-state index in [9.17, 15) is 18.0 Å². The summed E-state index contributed by atoms with van der Waals surface area (Å²) in [5.74, 6) is -0.396. The molecule has 4 nitrogen and oxygen atoms in total. The molecular formula is C10H17F3N2O2. The van der Waals surface area contributed by atoms with Gasteiger partial charge in [0.15, 0.2) is 6.10 Å². The summed E-state index contributed by atoms with van der Waals surface area (Å²) in [7, 11) is 0. The van der Waals surface area contributed by atoms with E-state index in [1.807, 2.05) is 6.92 Å². The van der Waals surface area contributed by atoms with Crippen molar-refractivity contribution >= 4 is 5.91 Å². The van der Waals surface area contributed by atoms with E-state index >= 15 is 0 Å². The van der Waals surface area contributed by atoms with Gasteiger partial charge in [0, 0.05) is 0 Å². The largest absolute Gasteiger partial charge is 0.416 e. The van der Waals surface area contributed by atoms with E-state index in [1.54, 1.807) is 0 Å². The number of amides is 1. The van der Waals surface area contributed by atoms with Crippen molar-refractivity contribution in [3.63, 3.8) is 0 Å². The highest BCUT2D eigenvalue weighted by Gasteiger charge is 2.38. The van der Waals surface area contributed by atoms with Crippen LogP contribution in [0.3, 0.4) is 0 Å². The van der Waals surface area contributed by atoms with Gasteiger partial charge in [-0.2, -0.15) is 13.2 Å². The molecule has 0 saturated carbocycles. The minimum absolute atomic E-state index is 0.0896. The van der Waals surface area contributed by atoms with Gasteiger partial charge in [-0.3, -0.25) is 4.79 Å². The number of nitrogens with one attached hydrogen (secondary N) is 2. The lowest BCUT2D eigenvalue weighted by Crippen LogP contribution is -2.53. The SMILES string of the molecule is CC1CCCNC1C(=O)NCC(O)C(F)(F)F. The Hall–Kier alpha value is -0.820. The molecule has 0 spiro atoms. The summed E-state index contributed by atoms with van der Waals surface area (Å²) in [4.78, 5) is 11.6. The normalized spacial score (nSPS) is 27.6. The summed E-state index contributed by atoms with van der Waals surface area (Å²) < 4.78 is 36.0. The van der Waals surface area contributed by atoms with Crippen LogP contribution in [0.25, 0.3) is 0 Å². The van der Waals surface area contributed by atoms with Crippen molar-refractivity contribution in [3.8, 4) is 0 Å². The number of piperidine rings is 1. The molecule has 0 bridgehead atoms. The molecule has 0 aliphatic carbocycles. The first-order valence-corrected chi connectivity index (χ1v) is 5.58. The summed E-state index contributed by atoms with van der Waals surface area (Å²) in [5.41, 5.74) is 0. The number of hydrogen-bond acceptors (Lipinski definition) is 3. The fourth-order valence-electron chi connectivity index (χ4n) is 1.82. The number of rotatable bonds is 3. The van der Waals surface area contributed by atoms with Gasteiger partial charge in [-0.25, -0.2) is 0 Å². The maximum absolute atomic E-state index is 12.0. The van der Waals surface area contributed by atoms with Crippen molar-refractivity contribution in [2.75, 3.05) is 13.1 Å². The molecule has 1 aliphatic rings. The molecule has 100 valence electrons. The highest BCUT2D eigenvalue weighted by molar-refractivity contribution is 5.82. The summed E-state index contributed by atoms with van der Waals surface area (Å²) in [6, 6.07) is -0.468. The van der Waals surface area contributed by atoms with Gasteiger partial charge in [0.2, 0.25) is 5.91 Å². The number of alkyl halides is 3. The Kier molecular flexibility index (Phi) is 4.76. The number of aliphatic hydroxyl groups is 1. The number of halogens is 3. The monoisotopic (exact) mass is 254 g/mol. The van der Waals surface area contributed by atoms with E-state index in [-0.39, 0.29) is 5.92 Å². The number of carbonyl (C=O) groups excluding carboxylic acids is 1. The summed E-state index contributed by atoms with van der Waals surface area (Å²) in [6.45, 7) is 1.76. The second-order valence-electron chi connectivity index (χ2n) is 4.35. The smallest absolute Gasteiger partial charge is 0.382 e. The quantitative estimate of drug-likeness (QED) is 0.684. The van der Waals surface area contributed by atoms with E-state index in [0.29, 0.717) is 6.54 Å². The van der Waals surface area contributed by atoms with Gasteiger partial charge in [0.05, 0.1) is 12.6 Å². The molecule has 1 heterocycles. The average molecular weight is 254 g/mol. The summed E-state index contributed by atoms with van der Waals surface area (Å²) >= 11 is 0. The minimum atomic E-state index is -4.70. The van der Waals surface area contributed by atoms with Crippen LogP contribution < -0.4 is 10.6 Å². The lowest BCUT2D eigenvalue weighted by atomic mass is 9.92. The zero-order chi connectivity index (χ0) is 13.1. The van der Waals surface area contributed by atoms with Crippen molar-refractivity contribution in [1.82, 2.24) is 10.6 Å². The van der Waals surface area contributed by atoms with E-state index in [0.717, 1.165) is 12.8 Å². The van der Waals surface area contributed by atoms with Gasteiger partial charge in [0.25, 0.3) is 0 Å². The van der Waals surface area contributed by atoms with Gasteiger partial charge >= 0.3 is 6.18 Å². The predicted octanol–water partition coefficient (Wildman–Crippen LogP) is 0.414. The van der Waals surface area contributed by atoms with E-state index < -0.39 is 30.8 Å². The lowest BCUT2D eigenvalue weighted by molar-refractivity contribution is -0.201. The molecule has 1 aliphatic heterocycles. The Morgan fingerprint density at radius 2 is 2.24 bits per heavy atom. The van der Waals surface area contributed by atoms with Crippen molar-refractivity contribution < 1.29 is 23.1 Å². The van der Waals surface area contributed by atoms with Crippen LogP contribution in [-0.4, -0.2) is 42.4 Å². The van der Waals surface area contributed by atoms with Crippen LogP contribution in [0.15, 0.2) is 0 Å². The van der Waals surface area contributed by atoms with Crippen LogP contribution >= 0.6 is 0 Å². The van der Waals surface area contributed by atoms with Gasteiger partial charge in [-0.15, -0.1) is 0 Å². The minimum Gasteiger partial charge on any atom is -0.382 e. The van der Waals surface area contributed by atoms with Crippen molar-refractivity contribution in [2.24, 2.45) is 5.92 Å². The topological polar surface area (TPSA) is 61.4 Å². The second-order valence-corrected chi connectivity index (χ2v) is 4.35. The summed E-state index contributed by atoms with van der Waals surface area (Å²) in [6.07, 6.45) is -5.38. The average Bonchev–Trinajstić information content (AvgIpc) is 2.24. The van der Waals surface area contributed by atoms with Crippen LogP contribution in [-0.2, 0) is 4.79 Å². The molecule has 0 aromatic rings. The Bertz CT molecular complexity index is 271. The van der Waals surface area contributed by atoms with E-state index in [4.69, 9.17) is 5.11 Å². The van der Waals surface area contributed by atoms with Crippen LogP contribution in [0.2, 0.25) is 0 Å². The van der Waals surface area contributed by atoms with E-state index in [1.165, 1.54) is 0 Å². The van der Waals surface area contributed by atoms with Crippen LogP contribution in [0.1, 0.15) is 19.8 Å². The van der Waals surface area contributed by atoms with Gasteiger partial charge in [0.1, 0.15) is 0 Å². The van der Waals surface area contributed by atoms with E-state index in [2.05, 4.69) is 10.6 Å². The molecule has 1 rings (SSSR count). The third kappa shape index (κ3) is 4.16. The highest BCUT2D eigenvalue weighted by Crippen LogP contribution is 2.19. The Labute approximate surface area is 97.6 Å². The first-order valence-electron chi connectivity index (χ1n) is 5.58. The standard InChI is InChI=1S/C10H17F3N2O2/c1-6-3-2-4-14-8(6)9(17)15-5-7(16)10(11,12)13/h6-8,14,16H,2-5H2,1H3,(H,15,17). The van der Waals surface area contributed by atoms with Gasteiger partial charge in [-0.1, -0.05) is 6.92 Å². The lowest BCUT2D eigenvalue weighted by Gasteiger charge is -2.29. The molecule has 1 saturated heterocycles. The fraction of sp³-hybridized carbons (Fsp3) is 0.900. The second kappa shape index (κ2) is 5.68. The molecule has 1 fully saturated rings. The Morgan fingerprint density at radius 1 is 1.59 bits per heavy atom. The third-order valence-corrected chi connectivity index (χ3v) is 2.90. The first-order chi connectivity index (χ1) is 7.82. The fourth-order valence-corrected chi connectivity index (χ4v) is 1.82. The highest BCUT2D eigenvalue weighted by atomic mass is 19.4. The van der Waals surface area contributed by atoms with Crippen LogP contribution in [0, 0.1) is 5.92 Å². The molecule has 17 heavy (non-hydrogen) atoms. The molecular weight excluding hydrogens is 237 g/mol. The number of aliphatic hydroxyl groups excluding tert-OH is 1. The molecule has 3 atom stereocenters. The zero-order valence-corrected chi connectivity index (χ0v) is 9.55. The molecule has 1 amide bonds. The summed E-state index contributed by atoms with van der Waals surface area (Å²) in [5, 5.41) is 13.8. The maximum Gasteiger partial charge on any atom is 0.416 e. The van der Waals surface area contributed by atoms with Crippen molar-refractivity contribution in [3.05, 3.63) is 0 Å². The molecule has 0 aromatic carbocycles. The zero-order valence-electron chi connectivity index (χ0n) is 9.55. The molecule has 7 heteroatoms. The van der Waals surface area contributed by atoms with Crippen molar-refractivity contribution in [2.45, 2.75) is 38.1 Å². The van der Waals surface area contributed by atoms with Crippen LogP contribution in [0.5, 0.6) is 0 Å². The third-order valence-electron chi connectivity index (χ3n) is 2.90. The number of carbonyl (C=O) groups is 1. The Morgan fingerprint density at radius 3 is 2.76 bits per heavy atom. The molecule has 3 N–H and O–H groups in total.